The van der Waals surface area contributed by atoms with E-state index in [4.69, 9.17) is 9.84 Å². The molecular weight excluding hydrogens is 382 g/mol. The summed E-state index contributed by atoms with van der Waals surface area (Å²) in [4.78, 5) is 12.1. The Hall–Kier alpha value is -3.52. The summed E-state index contributed by atoms with van der Waals surface area (Å²) < 4.78 is 6.46. The van der Waals surface area contributed by atoms with Crippen molar-refractivity contribution in [1.29, 1.82) is 0 Å². The molecule has 152 valence electrons. The zero-order valence-electron chi connectivity index (χ0n) is 16.3. The van der Waals surface area contributed by atoms with E-state index in [9.17, 15) is 4.79 Å². The van der Waals surface area contributed by atoms with Crippen molar-refractivity contribution in [2.45, 2.75) is 25.0 Å². The topological polar surface area (TPSA) is 104 Å². The molecule has 3 heterocycles. The first kappa shape index (κ1) is 18.5. The van der Waals surface area contributed by atoms with Crippen molar-refractivity contribution in [3.05, 3.63) is 65.7 Å². The van der Waals surface area contributed by atoms with Crippen LogP contribution in [0.25, 0.3) is 17.0 Å². The Morgan fingerprint density at radius 1 is 1.13 bits per heavy atom. The lowest BCUT2D eigenvalue weighted by atomic mass is 9.83. The number of aliphatic carboxylic acids is 1. The van der Waals surface area contributed by atoms with E-state index in [1.165, 1.54) is 4.80 Å². The minimum atomic E-state index is -0.979. The highest BCUT2D eigenvalue weighted by Crippen LogP contribution is 2.42. The number of carboxylic acid groups (broad SMARTS) is 1. The number of H-pyrrole nitrogens is 1. The highest BCUT2D eigenvalue weighted by atomic mass is 16.5. The smallest absolute Gasteiger partial charge is 0.350 e. The molecule has 5 rings (SSSR count). The standard InChI is InChI=1S/C22H21N5O3/c28-20(29)14-27-25-21(24-26-27)16-5-3-4-15(12-16)18-13-22(8-10-23-11-9-22)30-19-7-2-1-6-17(18)19/h1-7,12-13,23H,8-11,14H2,(H,28,29)/p+1. The van der Waals surface area contributed by atoms with Crippen LogP contribution in [0.2, 0.25) is 0 Å². The maximum atomic E-state index is 10.9. The van der Waals surface area contributed by atoms with Crippen LogP contribution in [0.1, 0.15) is 24.0 Å². The Kier molecular flexibility index (Phi) is 4.55. The Labute approximate surface area is 173 Å². The SMILES string of the molecule is O=C(O)C[n+]1nc(-c2cccc(C3=CC4(CCNCC4)Oc4ccccc43)c2)n[nH]1. The predicted octanol–water partition coefficient (Wildman–Crippen LogP) is 1.79. The number of piperidine rings is 1. The molecule has 0 atom stereocenters. The molecule has 1 fully saturated rings. The van der Waals surface area contributed by atoms with Gasteiger partial charge < -0.3 is 15.2 Å². The third-order valence-corrected chi connectivity index (χ3v) is 5.55. The van der Waals surface area contributed by atoms with Gasteiger partial charge in [0.15, 0.2) is 0 Å². The second-order valence-electron chi connectivity index (χ2n) is 7.64. The Balaban J connectivity index is 1.56. The highest BCUT2D eigenvalue weighted by molar-refractivity contribution is 5.86. The summed E-state index contributed by atoms with van der Waals surface area (Å²) in [5, 5.41) is 23.4. The molecule has 30 heavy (non-hydrogen) atoms. The number of tetrazole rings is 1. The fourth-order valence-electron chi connectivity index (χ4n) is 4.11. The molecule has 1 aromatic heterocycles. The molecule has 0 aliphatic carbocycles. The number of carbonyl (C=O) groups is 1. The zero-order chi connectivity index (χ0) is 20.6. The average Bonchev–Trinajstić information content (AvgIpc) is 3.22. The van der Waals surface area contributed by atoms with E-state index in [1.54, 1.807) is 0 Å². The van der Waals surface area contributed by atoms with E-state index >= 15 is 0 Å². The third-order valence-electron chi connectivity index (χ3n) is 5.55. The second-order valence-corrected chi connectivity index (χ2v) is 7.64. The molecule has 3 N–H and O–H groups in total. The van der Waals surface area contributed by atoms with Crippen molar-refractivity contribution in [2.24, 2.45) is 0 Å². The van der Waals surface area contributed by atoms with Crippen molar-refractivity contribution in [3.8, 4) is 17.1 Å². The van der Waals surface area contributed by atoms with Gasteiger partial charge in [-0.3, -0.25) is 0 Å². The van der Waals surface area contributed by atoms with Crippen LogP contribution < -0.4 is 14.9 Å². The van der Waals surface area contributed by atoms with E-state index in [0.717, 1.165) is 53.9 Å². The van der Waals surface area contributed by atoms with Crippen LogP contribution in [0.3, 0.4) is 0 Å². The largest absolute Gasteiger partial charge is 0.482 e. The summed E-state index contributed by atoms with van der Waals surface area (Å²) in [7, 11) is 0. The van der Waals surface area contributed by atoms with Gasteiger partial charge in [0.2, 0.25) is 6.54 Å². The molecule has 1 saturated heterocycles. The summed E-state index contributed by atoms with van der Waals surface area (Å²) in [5.41, 5.74) is 3.76. The maximum absolute atomic E-state index is 10.9. The zero-order valence-corrected chi connectivity index (χ0v) is 16.3. The third kappa shape index (κ3) is 3.46. The van der Waals surface area contributed by atoms with Gasteiger partial charge >= 0.3 is 11.8 Å². The lowest BCUT2D eigenvalue weighted by Crippen LogP contribution is -2.46. The number of benzene rings is 2. The van der Waals surface area contributed by atoms with Crippen LogP contribution >= 0.6 is 0 Å². The van der Waals surface area contributed by atoms with E-state index in [0.29, 0.717) is 5.82 Å². The number of nitrogens with one attached hydrogen (secondary N) is 2. The number of fused-ring (bicyclic) bond motifs is 1. The molecule has 8 heteroatoms. The molecule has 0 unspecified atom stereocenters. The van der Waals surface area contributed by atoms with E-state index in [2.05, 4.69) is 38.9 Å². The predicted molar refractivity (Wildman–Crippen MR) is 109 cm³/mol. The number of rotatable bonds is 4. The minimum Gasteiger partial charge on any atom is -0.482 e. The number of aromatic amines is 1. The second kappa shape index (κ2) is 7.38. The summed E-state index contributed by atoms with van der Waals surface area (Å²) in [6.07, 6.45) is 4.10. The Bertz CT molecular complexity index is 1130. The van der Waals surface area contributed by atoms with E-state index in [-0.39, 0.29) is 12.1 Å². The van der Waals surface area contributed by atoms with E-state index in [1.807, 2.05) is 36.4 Å². The summed E-state index contributed by atoms with van der Waals surface area (Å²) in [6.45, 7) is 1.58. The van der Waals surface area contributed by atoms with Crippen molar-refractivity contribution in [2.75, 3.05) is 13.1 Å². The van der Waals surface area contributed by atoms with Crippen molar-refractivity contribution < 1.29 is 19.4 Å². The van der Waals surface area contributed by atoms with Gasteiger partial charge in [0.1, 0.15) is 11.4 Å². The van der Waals surface area contributed by atoms with Crippen molar-refractivity contribution in [1.82, 2.24) is 20.7 Å². The summed E-state index contributed by atoms with van der Waals surface area (Å²) in [6, 6.07) is 16.1. The van der Waals surface area contributed by atoms with Gasteiger partial charge in [-0.25, -0.2) is 4.79 Å². The maximum Gasteiger partial charge on any atom is 0.350 e. The molecule has 1 spiro atoms. The number of ether oxygens (including phenoxy) is 1. The van der Waals surface area contributed by atoms with E-state index < -0.39 is 5.97 Å². The van der Waals surface area contributed by atoms with Gasteiger partial charge in [-0.15, -0.1) is 0 Å². The quantitative estimate of drug-likeness (QED) is 0.573. The minimum absolute atomic E-state index is 0.265. The van der Waals surface area contributed by atoms with Crippen LogP contribution in [-0.4, -0.2) is 45.2 Å². The molecular formula is C22H22N5O3+. The number of para-hydroxylation sites is 1. The molecule has 0 bridgehead atoms. The molecule has 0 saturated carbocycles. The van der Waals surface area contributed by atoms with Crippen LogP contribution in [0.15, 0.2) is 54.6 Å². The normalized spacial score (nSPS) is 17.1. The first-order valence-electron chi connectivity index (χ1n) is 9.99. The average molecular weight is 404 g/mol. The van der Waals surface area contributed by atoms with Gasteiger partial charge in [0.05, 0.1) is 10.7 Å². The molecule has 2 aromatic carbocycles. The molecule has 0 radical (unpaired) electrons. The Morgan fingerprint density at radius 2 is 1.93 bits per heavy atom. The highest BCUT2D eigenvalue weighted by Gasteiger charge is 2.37. The van der Waals surface area contributed by atoms with Gasteiger partial charge in [-0.1, -0.05) is 30.3 Å². The van der Waals surface area contributed by atoms with Crippen molar-refractivity contribution >= 4 is 11.5 Å². The van der Waals surface area contributed by atoms with Crippen LogP contribution in [0, 0.1) is 0 Å². The number of hydrogen-bond donors (Lipinski definition) is 3. The van der Waals surface area contributed by atoms with Gasteiger partial charge in [0.25, 0.3) is 0 Å². The molecule has 8 nitrogen and oxygen atoms in total. The van der Waals surface area contributed by atoms with Crippen LogP contribution in [0.5, 0.6) is 5.75 Å². The van der Waals surface area contributed by atoms with Crippen LogP contribution in [0.4, 0.5) is 0 Å². The first-order chi connectivity index (χ1) is 14.6. The summed E-state index contributed by atoms with van der Waals surface area (Å²) in [5.74, 6) is 0.378. The van der Waals surface area contributed by atoms with Gasteiger partial charge in [-0.2, -0.15) is 0 Å². The van der Waals surface area contributed by atoms with Gasteiger partial charge in [0, 0.05) is 18.4 Å². The monoisotopic (exact) mass is 404 g/mol. The molecule has 0 amide bonds. The number of hydrogen-bond acceptors (Lipinski definition) is 5. The molecule has 2 aliphatic rings. The lowest BCUT2D eigenvalue weighted by molar-refractivity contribution is -0.795. The first-order valence-corrected chi connectivity index (χ1v) is 9.99. The van der Waals surface area contributed by atoms with Crippen LogP contribution in [-0.2, 0) is 11.3 Å². The van der Waals surface area contributed by atoms with Gasteiger partial charge in [-0.05, 0) is 63.6 Å². The fourth-order valence-corrected chi connectivity index (χ4v) is 4.11. The number of aromatic nitrogens is 4. The molecule has 2 aliphatic heterocycles. The fraction of sp³-hybridized carbons (Fsp3) is 0.273. The Morgan fingerprint density at radius 3 is 2.77 bits per heavy atom. The lowest BCUT2D eigenvalue weighted by Gasteiger charge is -2.40. The number of carboxylic acids is 1. The molecule has 3 aromatic rings. The number of nitrogens with zero attached hydrogens (tertiary/aromatic N) is 3. The summed E-state index contributed by atoms with van der Waals surface area (Å²) >= 11 is 0. The van der Waals surface area contributed by atoms with Crippen molar-refractivity contribution in [3.63, 3.8) is 0 Å².